The van der Waals surface area contributed by atoms with Crippen molar-refractivity contribution in [3.8, 4) is 0 Å². The van der Waals surface area contributed by atoms with E-state index < -0.39 is 0 Å². The van der Waals surface area contributed by atoms with Crippen molar-refractivity contribution < 1.29 is 14.4 Å². The molecule has 3 nitrogen and oxygen atoms in total. The molecule has 3 heteroatoms. The predicted molar refractivity (Wildman–Crippen MR) is 86.7 cm³/mol. The summed E-state index contributed by atoms with van der Waals surface area (Å²) in [6.07, 6.45) is 10.7. The van der Waals surface area contributed by atoms with Crippen LogP contribution in [0.5, 0.6) is 0 Å². The van der Waals surface area contributed by atoms with Crippen molar-refractivity contribution in [3.05, 3.63) is 11.6 Å². The van der Waals surface area contributed by atoms with Crippen LogP contribution in [0, 0.1) is 28.6 Å². The van der Waals surface area contributed by atoms with Gasteiger partial charge in [-0.2, -0.15) is 0 Å². The monoisotopic (exact) mass is 314 g/mol. The summed E-state index contributed by atoms with van der Waals surface area (Å²) >= 11 is 0. The molecule has 0 aromatic rings. The molecular weight excluding hydrogens is 288 g/mol. The quantitative estimate of drug-likeness (QED) is 0.731. The third-order valence-electron chi connectivity index (χ3n) is 7.84. The van der Waals surface area contributed by atoms with E-state index in [0.29, 0.717) is 36.4 Å². The van der Waals surface area contributed by atoms with Gasteiger partial charge in [0.2, 0.25) is 0 Å². The highest BCUT2D eigenvalue weighted by molar-refractivity contribution is 5.92. The molecule has 23 heavy (non-hydrogen) atoms. The first kappa shape index (κ1) is 15.3. The maximum absolute atomic E-state index is 12.4. The minimum absolute atomic E-state index is 0.0778. The van der Waals surface area contributed by atoms with E-state index in [1.165, 1.54) is 5.57 Å². The lowest BCUT2D eigenvalue weighted by molar-refractivity contribution is -0.134. The highest BCUT2D eigenvalue weighted by atomic mass is 16.1. The first-order valence-electron chi connectivity index (χ1n) is 9.22. The molecular formula is C20H26O3. The largest absolute Gasteiger partial charge is 0.303 e. The first-order valence-corrected chi connectivity index (χ1v) is 9.22. The zero-order valence-corrected chi connectivity index (χ0v) is 14.0. The van der Waals surface area contributed by atoms with Crippen molar-refractivity contribution in [3.63, 3.8) is 0 Å². The number of rotatable bonds is 2. The van der Waals surface area contributed by atoms with Gasteiger partial charge in [0.15, 0.2) is 5.78 Å². The minimum atomic E-state index is -0.116. The highest BCUT2D eigenvalue weighted by Gasteiger charge is 2.59. The third-order valence-corrected chi connectivity index (χ3v) is 7.84. The Hall–Kier alpha value is -1.25. The molecule has 0 N–H and O–H groups in total. The molecule has 0 spiro atoms. The summed E-state index contributed by atoms with van der Waals surface area (Å²) in [5.74, 6) is 2.24. The summed E-state index contributed by atoms with van der Waals surface area (Å²) in [7, 11) is 0. The van der Waals surface area contributed by atoms with Crippen LogP contribution >= 0.6 is 0 Å². The lowest BCUT2D eigenvalue weighted by Crippen LogP contribution is -2.51. The number of hydrogen-bond acceptors (Lipinski definition) is 3. The molecule has 4 rings (SSSR count). The maximum atomic E-state index is 12.4. The van der Waals surface area contributed by atoms with Gasteiger partial charge in [-0.3, -0.25) is 9.59 Å². The zero-order valence-electron chi connectivity index (χ0n) is 14.0. The summed E-state index contributed by atoms with van der Waals surface area (Å²) in [4.78, 5) is 35.8. The number of carbonyl (C=O) groups is 3. The van der Waals surface area contributed by atoms with Crippen LogP contribution in [0.2, 0.25) is 0 Å². The number of carbonyl (C=O) groups excluding carboxylic acids is 3. The average molecular weight is 314 g/mol. The second kappa shape index (κ2) is 5.12. The SMILES string of the molecule is C[C@]12CC[C@H]3[C@@H](CCC4=CC(=O)CC[C@@]43CC=O)[C@@H]1CCC2=O. The number of ketones is 2. The van der Waals surface area contributed by atoms with Crippen molar-refractivity contribution in [1.29, 1.82) is 0 Å². The number of fused-ring (bicyclic) bond motifs is 5. The van der Waals surface area contributed by atoms with Crippen molar-refractivity contribution >= 4 is 17.9 Å². The van der Waals surface area contributed by atoms with Crippen LogP contribution in [0.15, 0.2) is 11.6 Å². The molecule has 3 saturated carbocycles. The van der Waals surface area contributed by atoms with Crippen LogP contribution in [0.1, 0.15) is 64.7 Å². The number of Topliss-reactive ketones (excluding diaryl/α,β-unsaturated/α-hetero) is 1. The predicted octanol–water partition coefficient (Wildman–Crippen LogP) is 3.66. The normalized spacial score (nSPS) is 45.8. The topological polar surface area (TPSA) is 51.2 Å². The van der Waals surface area contributed by atoms with Crippen LogP contribution in [0.25, 0.3) is 0 Å². The lowest BCUT2D eigenvalue weighted by atomic mass is 9.46. The molecule has 3 fully saturated rings. The van der Waals surface area contributed by atoms with E-state index in [2.05, 4.69) is 6.92 Å². The van der Waals surface area contributed by atoms with E-state index in [4.69, 9.17) is 0 Å². The Labute approximate surface area is 137 Å². The van der Waals surface area contributed by atoms with Gasteiger partial charge < -0.3 is 4.79 Å². The van der Waals surface area contributed by atoms with Gasteiger partial charge in [0.25, 0.3) is 0 Å². The molecule has 0 saturated heterocycles. The fourth-order valence-electron chi connectivity index (χ4n) is 6.66. The van der Waals surface area contributed by atoms with Gasteiger partial charge >= 0.3 is 0 Å². The first-order chi connectivity index (χ1) is 11.0. The van der Waals surface area contributed by atoms with E-state index in [9.17, 15) is 14.4 Å². The van der Waals surface area contributed by atoms with E-state index in [-0.39, 0.29) is 16.6 Å². The number of aldehydes is 1. The summed E-state index contributed by atoms with van der Waals surface area (Å²) in [5, 5.41) is 0. The second-order valence-electron chi connectivity index (χ2n) is 8.50. The Morgan fingerprint density at radius 1 is 1.09 bits per heavy atom. The summed E-state index contributed by atoms with van der Waals surface area (Å²) < 4.78 is 0. The van der Waals surface area contributed by atoms with E-state index in [1.807, 2.05) is 6.08 Å². The Morgan fingerprint density at radius 2 is 1.91 bits per heavy atom. The maximum Gasteiger partial charge on any atom is 0.155 e. The summed E-state index contributed by atoms with van der Waals surface area (Å²) in [6.45, 7) is 2.19. The van der Waals surface area contributed by atoms with Crippen molar-refractivity contribution in [2.24, 2.45) is 28.6 Å². The molecule has 4 aliphatic carbocycles. The van der Waals surface area contributed by atoms with Crippen LogP contribution in [-0.4, -0.2) is 17.9 Å². The molecule has 0 unspecified atom stereocenters. The van der Waals surface area contributed by atoms with Crippen LogP contribution < -0.4 is 0 Å². The molecule has 124 valence electrons. The molecule has 0 radical (unpaired) electrons. The van der Waals surface area contributed by atoms with E-state index >= 15 is 0 Å². The Balaban J connectivity index is 1.74. The van der Waals surface area contributed by atoms with Gasteiger partial charge in [-0.05, 0) is 62.4 Å². The second-order valence-corrected chi connectivity index (χ2v) is 8.50. The standard InChI is InChI=1S/C20H26O3/c1-19-8-7-17-15(16(19)4-5-18(19)23)3-2-13-12-14(22)6-9-20(13,17)10-11-21/h11-12,15-17H,2-10H2,1H3/t15-,16-,17-,19-,20+/m0/s1. The van der Waals surface area contributed by atoms with Crippen molar-refractivity contribution in [1.82, 2.24) is 0 Å². The number of hydrogen-bond donors (Lipinski definition) is 0. The minimum Gasteiger partial charge on any atom is -0.303 e. The molecule has 0 amide bonds. The van der Waals surface area contributed by atoms with Gasteiger partial charge in [0.1, 0.15) is 12.1 Å². The van der Waals surface area contributed by atoms with Crippen LogP contribution in [-0.2, 0) is 14.4 Å². The third kappa shape index (κ3) is 1.98. The fraction of sp³-hybridized carbons (Fsp3) is 0.750. The molecule has 0 aliphatic heterocycles. The van der Waals surface area contributed by atoms with E-state index in [0.717, 1.165) is 51.2 Å². The van der Waals surface area contributed by atoms with Crippen molar-refractivity contribution in [2.45, 2.75) is 64.7 Å². The van der Waals surface area contributed by atoms with Gasteiger partial charge in [-0.15, -0.1) is 0 Å². The van der Waals surface area contributed by atoms with E-state index in [1.54, 1.807) is 0 Å². The fourth-order valence-corrected chi connectivity index (χ4v) is 6.66. The summed E-state index contributed by atoms with van der Waals surface area (Å²) in [5.41, 5.74) is 1.05. The van der Waals surface area contributed by atoms with Crippen LogP contribution in [0.4, 0.5) is 0 Å². The van der Waals surface area contributed by atoms with Gasteiger partial charge in [-0.1, -0.05) is 12.5 Å². The average Bonchev–Trinajstić information content (AvgIpc) is 2.84. The zero-order chi connectivity index (χ0) is 16.2. The van der Waals surface area contributed by atoms with Crippen LogP contribution in [0.3, 0.4) is 0 Å². The Kier molecular flexibility index (Phi) is 3.40. The lowest BCUT2D eigenvalue weighted by Gasteiger charge is -2.57. The summed E-state index contributed by atoms with van der Waals surface area (Å²) in [6, 6.07) is 0. The van der Waals surface area contributed by atoms with Gasteiger partial charge in [0.05, 0.1) is 0 Å². The molecule has 0 aromatic carbocycles. The van der Waals surface area contributed by atoms with Gasteiger partial charge in [0, 0.05) is 30.1 Å². The van der Waals surface area contributed by atoms with Gasteiger partial charge in [-0.25, -0.2) is 0 Å². The molecule has 0 bridgehead atoms. The Bertz CT molecular complexity index is 604. The van der Waals surface area contributed by atoms with Crippen molar-refractivity contribution in [2.75, 3.05) is 0 Å². The molecule has 0 heterocycles. The number of allylic oxidation sites excluding steroid dienone is 1. The Morgan fingerprint density at radius 3 is 2.70 bits per heavy atom. The molecule has 5 atom stereocenters. The molecule has 0 aromatic heterocycles. The highest BCUT2D eigenvalue weighted by Crippen LogP contribution is 2.65. The smallest absolute Gasteiger partial charge is 0.155 e. The molecule has 4 aliphatic rings.